The third kappa shape index (κ3) is 6.66. The highest BCUT2D eigenvalue weighted by atomic mass is 35.5. The molecule has 20 heavy (non-hydrogen) atoms. The van der Waals surface area contributed by atoms with Gasteiger partial charge in [-0.25, -0.2) is 4.39 Å². The number of hydrogen-bond donors (Lipinski definition) is 1. The van der Waals surface area contributed by atoms with Crippen LogP contribution >= 0.6 is 11.6 Å². The molecule has 5 heteroatoms. The number of rotatable bonds is 10. The van der Waals surface area contributed by atoms with Crippen LogP contribution in [0.1, 0.15) is 18.9 Å². The molecule has 0 spiro atoms. The Morgan fingerprint density at radius 3 is 2.85 bits per heavy atom. The van der Waals surface area contributed by atoms with Gasteiger partial charge in [-0.2, -0.15) is 0 Å². The number of methoxy groups -OCH3 is 1. The van der Waals surface area contributed by atoms with Gasteiger partial charge < -0.3 is 14.8 Å². The van der Waals surface area contributed by atoms with E-state index in [1.165, 1.54) is 6.07 Å². The van der Waals surface area contributed by atoms with E-state index in [-0.39, 0.29) is 11.9 Å². The molecule has 0 saturated carbocycles. The van der Waals surface area contributed by atoms with Gasteiger partial charge in [-0.15, -0.1) is 0 Å². The summed E-state index contributed by atoms with van der Waals surface area (Å²) in [7, 11) is 1.64. The normalized spacial score (nSPS) is 12.6. The molecule has 1 aromatic carbocycles. The average molecular weight is 304 g/mol. The first-order valence-electron chi connectivity index (χ1n) is 6.91. The van der Waals surface area contributed by atoms with Crippen molar-refractivity contribution >= 4 is 11.6 Å². The maximum Gasteiger partial charge on any atom is 0.126 e. The smallest absolute Gasteiger partial charge is 0.126 e. The van der Waals surface area contributed by atoms with Gasteiger partial charge in [0, 0.05) is 18.2 Å². The molecule has 0 aromatic heterocycles. The number of nitrogens with one attached hydrogen (secondary N) is 1. The highest BCUT2D eigenvalue weighted by Gasteiger charge is 2.12. The zero-order valence-electron chi connectivity index (χ0n) is 12.1. The Bertz CT molecular complexity index is 390. The number of benzene rings is 1. The van der Waals surface area contributed by atoms with Crippen molar-refractivity contribution in [1.29, 1.82) is 0 Å². The summed E-state index contributed by atoms with van der Waals surface area (Å²) in [4.78, 5) is 0. The largest absolute Gasteiger partial charge is 0.382 e. The predicted molar refractivity (Wildman–Crippen MR) is 79.9 cm³/mol. The van der Waals surface area contributed by atoms with Crippen LogP contribution < -0.4 is 5.32 Å². The fraction of sp³-hybridized carbons (Fsp3) is 0.600. The van der Waals surface area contributed by atoms with Gasteiger partial charge >= 0.3 is 0 Å². The van der Waals surface area contributed by atoms with Crippen molar-refractivity contribution in [1.82, 2.24) is 5.32 Å². The molecule has 0 saturated heterocycles. The van der Waals surface area contributed by atoms with Crippen LogP contribution in [0.3, 0.4) is 0 Å². The third-order valence-corrected chi connectivity index (χ3v) is 3.14. The number of halogens is 2. The van der Waals surface area contributed by atoms with E-state index in [0.717, 1.165) is 13.0 Å². The zero-order valence-corrected chi connectivity index (χ0v) is 12.9. The molecule has 1 N–H and O–H groups in total. The highest BCUT2D eigenvalue weighted by Crippen LogP contribution is 2.16. The maximum absolute atomic E-state index is 13.7. The lowest BCUT2D eigenvalue weighted by Gasteiger charge is -2.19. The standard InChI is InChI=1S/C15H23ClFNO2/c1-3-6-18-14(11-20-8-7-19-2)10-12-9-13(16)4-5-15(12)17/h4-5,9,14,18H,3,6-8,10-11H2,1-2H3. The Morgan fingerprint density at radius 1 is 1.35 bits per heavy atom. The van der Waals surface area contributed by atoms with Crippen LogP contribution in [0, 0.1) is 5.82 Å². The zero-order chi connectivity index (χ0) is 14.8. The number of hydrogen-bond acceptors (Lipinski definition) is 3. The lowest BCUT2D eigenvalue weighted by Crippen LogP contribution is -2.36. The summed E-state index contributed by atoms with van der Waals surface area (Å²) in [6.07, 6.45) is 1.58. The van der Waals surface area contributed by atoms with Gasteiger partial charge in [-0.05, 0) is 43.1 Å². The van der Waals surface area contributed by atoms with Crippen molar-refractivity contribution in [2.45, 2.75) is 25.8 Å². The van der Waals surface area contributed by atoms with E-state index in [9.17, 15) is 4.39 Å². The van der Waals surface area contributed by atoms with Crippen LogP contribution in [0.5, 0.6) is 0 Å². The molecule has 0 bridgehead atoms. The first-order valence-corrected chi connectivity index (χ1v) is 7.29. The quantitative estimate of drug-likeness (QED) is 0.674. The molecule has 0 aliphatic carbocycles. The van der Waals surface area contributed by atoms with E-state index in [4.69, 9.17) is 21.1 Å². The van der Waals surface area contributed by atoms with E-state index in [2.05, 4.69) is 12.2 Å². The minimum Gasteiger partial charge on any atom is -0.382 e. The van der Waals surface area contributed by atoms with Crippen LogP contribution in [0.25, 0.3) is 0 Å². The van der Waals surface area contributed by atoms with Crippen molar-refractivity contribution in [2.75, 3.05) is 33.5 Å². The first-order chi connectivity index (χ1) is 9.67. The van der Waals surface area contributed by atoms with E-state index < -0.39 is 0 Å². The average Bonchev–Trinajstić information content (AvgIpc) is 2.44. The highest BCUT2D eigenvalue weighted by molar-refractivity contribution is 6.30. The summed E-state index contributed by atoms with van der Waals surface area (Å²) in [6.45, 7) is 4.59. The van der Waals surface area contributed by atoms with Gasteiger partial charge in [0.05, 0.1) is 19.8 Å². The Kier molecular flexibility index (Phi) is 8.78. The van der Waals surface area contributed by atoms with E-state index in [1.807, 2.05) is 0 Å². The Balaban J connectivity index is 2.55. The molecule has 3 nitrogen and oxygen atoms in total. The Labute approximate surface area is 125 Å². The fourth-order valence-electron chi connectivity index (χ4n) is 1.87. The topological polar surface area (TPSA) is 30.5 Å². The van der Waals surface area contributed by atoms with Crippen molar-refractivity contribution in [2.24, 2.45) is 0 Å². The lowest BCUT2D eigenvalue weighted by atomic mass is 10.1. The molecule has 1 unspecified atom stereocenters. The van der Waals surface area contributed by atoms with Crippen LogP contribution in [-0.2, 0) is 15.9 Å². The molecule has 0 heterocycles. The Hall–Kier alpha value is -0.680. The van der Waals surface area contributed by atoms with Gasteiger partial charge in [0.15, 0.2) is 0 Å². The molecular weight excluding hydrogens is 281 g/mol. The molecule has 0 aliphatic rings. The van der Waals surface area contributed by atoms with Crippen LogP contribution in [-0.4, -0.2) is 39.5 Å². The van der Waals surface area contributed by atoms with Gasteiger partial charge in [-0.3, -0.25) is 0 Å². The SMILES string of the molecule is CCCNC(COCCOC)Cc1cc(Cl)ccc1F. The summed E-state index contributed by atoms with van der Waals surface area (Å²) in [6, 6.07) is 4.71. The summed E-state index contributed by atoms with van der Waals surface area (Å²) < 4.78 is 24.2. The molecule has 0 fully saturated rings. The summed E-state index contributed by atoms with van der Waals surface area (Å²) >= 11 is 5.92. The van der Waals surface area contributed by atoms with Crippen molar-refractivity contribution in [3.8, 4) is 0 Å². The van der Waals surface area contributed by atoms with Crippen molar-refractivity contribution in [3.05, 3.63) is 34.6 Å². The minimum atomic E-state index is -0.227. The second kappa shape index (κ2) is 10.1. The predicted octanol–water partition coefficient (Wildman–Crippen LogP) is 3.05. The lowest BCUT2D eigenvalue weighted by molar-refractivity contribution is 0.0586. The fourth-order valence-corrected chi connectivity index (χ4v) is 2.07. The van der Waals surface area contributed by atoms with Crippen LogP contribution in [0.2, 0.25) is 5.02 Å². The molecular formula is C15H23ClFNO2. The van der Waals surface area contributed by atoms with Gasteiger partial charge in [-0.1, -0.05) is 18.5 Å². The summed E-state index contributed by atoms with van der Waals surface area (Å²) in [5.41, 5.74) is 0.612. The second-order valence-corrected chi connectivity index (χ2v) is 5.10. The summed E-state index contributed by atoms with van der Waals surface area (Å²) in [5.74, 6) is -0.227. The van der Waals surface area contributed by atoms with Crippen LogP contribution in [0.4, 0.5) is 4.39 Å². The van der Waals surface area contributed by atoms with Crippen molar-refractivity contribution < 1.29 is 13.9 Å². The van der Waals surface area contributed by atoms with E-state index >= 15 is 0 Å². The second-order valence-electron chi connectivity index (χ2n) is 4.66. The van der Waals surface area contributed by atoms with Gasteiger partial charge in [0.1, 0.15) is 5.82 Å². The number of ether oxygens (including phenoxy) is 2. The van der Waals surface area contributed by atoms with Crippen LogP contribution in [0.15, 0.2) is 18.2 Å². The van der Waals surface area contributed by atoms with Gasteiger partial charge in [0.2, 0.25) is 0 Å². The molecule has 1 aromatic rings. The summed E-state index contributed by atoms with van der Waals surface area (Å²) in [5, 5.41) is 3.92. The molecule has 0 amide bonds. The Morgan fingerprint density at radius 2 is 2.15 bits per heavy atom. The van der Waals surface area contributed by atoms with Crippen molar-refractivity contribution in [3.63, 3.8) is 0 Å². The maximum atomic E-state index is 13.7. The third-order valence-electron chi connectivity index (χ3n) is 2.91. The monoisotopic (exact) mass is 303 g/mol. The minimum absolute atomic E-state index is 0.0692. The van der Waals surface area contributed by atoms with E-state index in [1.54, 1.807) is 19.2 Å². The molecule has 1 rings (SSSR count). The molecule has 1 atom stereocenters. The van der Waals surface area contributed by atoms with E-state index in [0.29, 0.717) is 36.8 Å². The molecule has 0 aliphatic heterocycles. The molecule has 114 valence electrons. The first kappa shape index (κ1) is 17.4. The molecule has 0 radical (unpaired) electrons. The van der Waals surface area contributed by atoms with Gasteiger partial charge in [0.25, 0.3) is 0 Å².